The highest BCUT2D eigenvalue weighted by atomic mass is 16.5. The SMILES string of the molecule is CC1C=CC2=C(C1)C(COC(=O)NCCCCCCCCCCCCCCCCC(=O)O)c1ccccc12. The van der Waals surface area contributed by atoms with Gasteiger partial charge in [0, 0.05) is 18.9 Å². The molecule has 0 aromatic heterocycles. The standard InChI is InChI=1S/C33H49NO4/c1-26-21-22-29-27-18-15-16-19-28(27)31(30(29)24-26)25-38-33(37)34-23-17-13-11-9-7-5-3-2-4-6-8-10-12-14-20-32(35)36/h15-16,18-19,21-22,26,31H,2-14,17,20,23-25H2,1H3,(H,34,37)(H,35,36). The van der Waals surface area contributed by atoms with Crippen LogP contribution < -0.4 is 5.32 Å². The maximum Gasteiger partial charge on any atom is 0.407 e. The fourth-order valence-electron chi connectivity index (χ4n) is 5.83. The molecule has 0 fully saturated rings. The first kappa shape index (κ1) is 30.0. The predicted octanol–water partition coefficient (Wildman–Crippen LogP) is 8.80. The second-order valence-electron chi connectivity index (χ2n) is 11.2. The molecule has 5 nitrogen and oxygen atoms in total. The van der Waals surface area contributed by atoms with Crippen molar-refractivity contribution < 1.29 is 19.4 Å². The molecule has 2 atom stereocenters. The van der Waals surface area contributed by atoms with Crippen molar-refractivity contribution in [1.29, 1.82) is 0 Å². The van der Waals surface area contributed by atoms with E-state index in [9.17, 15) is 9.59 Å². The van der Waals surface area contributed by atoms with E-state index in [1.54, 1.807) is 0 Å². The van der Waals surface area contributed by atoms with Crippen molar-refractivity contribution in [1.82, 2.24) is 5.32 Å². The molecule has 0 aliphatic heterocycles. The number of amides is 1. The summed E-state index contributed by atoms with van der Waals surface area (Å²) in [6.07, 6.45) is 22.4. The van der Waals surface area contributed by atoms with E-state index in [0.717, 1.165) is 32.1 Å². The largest absolute Gasteiger partial charge is 0.481 e. The zero-order valence-corrected chi connectivity index (χ0v) is 23.5. The third-order valence-electron chi connectivity index (χ3n) is 7.99. The molecule has 1 aromatic carbocycles. The third kappa shape index (κ3) is 10.3. The number of hydrogen-bond donors (Lipinski definition) is 2. The van der Waals surface area contributed by atoms with Gasteiger partial charge in [-0.1, -0.05) is 126 Å². The van der Waals surface area contributed by atoms with E-state index < -0.39 is 5.97 Å². The van der Waals surface area contributed by atoms with Crippen LogP contribution in [0.3, 0.4) is 0 Å². The summed E-state index contributed by atoms with van der Waals surface area (Å²) in [6.45, 7) is 3.34. The number of benzene rings is 1. The highest BCUT2D eigenvalue weighted by molar-refractivity contribution is 5.85. The lowest BCUT2D eigenvalue weighted by Crippen LogP contribution is -2.27. The lowest BCUT2D eigenvalue weighted by molar-refractivity contribution is -0.137. The summed E-state index contributed by atoms with van der Waals surface area (Å²) < 4.78 is 5.67. The highest BCUT2D eigenvalue weighted by Gasteiger charge is 2.32. The molecule has 0 saturated heterocycles. The third-order valence-corrected chi connectivity index (χ3v) is 7.99. The molecule has 2 unspecified atom stereocenters. The van der Waals surface area contributed by atoms with Gasteiger partial charge in [0.1, 0.15) is 6.61 Å². The Balaban J connectivity index is 1.14. The number of ether oxygens (including phenoxy) is 1. The molecule has 0 heterocycles. The van der Waals surface area contributed by atoms with Gasteiger partial charge in [-0.2, -0.15) is 0 Å². The van der Waals surface area contributed by atoms with Crippen molar-refractivity contribution in [3.63, 3.8) is 0 Å². The maximum absolute atomic E-state index is 12.3. The first-order valence-corrected chi connectivity index (χ1v) is 15.2. The number of nitrogens with one attached hydrogen (secondary N) is 1. The number of fused-ring (bicyclic) bond motifs is 2. The van der Waals surface area contributed by atoms with E-state index >= 15 is 0 Å². The Bertz CT molecular complexity index is 935. The number of carboxylic acid groups (broad SMARTS) is 1. The van der Waals surface area contributed by atoms with Crippen LogP contribution in [0.4, 0.5) is 4.79 Å². The summed E-state index contributed by atoms with van der Waals surface area (Å²) in [5.74, 6) is 0.0279. The van der Waals surface area contributed by atoms with Gasteiger partial charge in [-0.3, -0.25) is 4.79 Å². The monoisotopic (exact) mass is 523 g/mol. The molecule has 3 rings (SSSR count). The average molecular weight is 524 g/mol. The van der Waals surface area contributed by atoms with Crippen LogP contribution in [-0.4, -0.2) is 30.3 Å². The number of rotatable bonds is 19. The second kappa shape index (κ2) is 17.1. The van der Waals surface area contributed by atoms with E-state index in [1.807, 2.05) is 0 Å². The van der Waals surface area contributed by atoms with Gasteiger partial charge in [0.05, 0.1) is 0 Å². The van der Waals surface area contributed by atoms with Crippen LogP contribution in [0.1, 0.15) is 127 Å². The van der Waals surface area contributed by atoms with Gasteiger partial charge in [0.15, 0.2) is 0 Å². The van der Waals surface area contributed by atoms with Crippen molar-refractivity contribution in [2.45, 2.75) is 116 Å². The smallest absolute Gasteiger partial charge is 0.407 e. The Morgan fingerprint density at radius 3 is 2.08 bits per heavy atom. The minimum Gasteiger partial charge on any atom is -0.481 e. The number of hydrogen-bond acceptors (Lipinski definition) is 3. The lowest BCUT2D eigenvalue weighted by atomic mass is 9.86. The second-order valence-corrected chi connectivity index (χ2v) is 11.2. The van der Waals surface area contributed by atoms with Crippen LogP contribution >= 0.6 is 0 Å². The van der Waals surface area contributed by atoms with Gasteiger partial charge < -0.3 is 15.2 Å². The Labute approximate surface area is 230 Å². The van der Waals surface area contributed by atoms with Crippen LogP contribution in [0.15, 0.2) is 42.0 Å². The van der Waals surface area contributed by atoms with Crippen LogP contribution in [0.5, 0.6) is 0 Å². The molecule has 38 heavy (non-hydrogen) atoms. The number of carboxylic acids is 1. The molecule has 1 aromatic rings. The van der Waals surface area contributed by atoms with Crippen molar-refractivity contribution in [2.75, 3.05) is 13.2 Å². The minimum atomic E-state index is -0.674. The molecular weight excluding hydrogens is 474 g/mol. The number of aliphatic carboxylic acids is 1. The summed E-state index contributed by atoms with van der Waals surface area (Å²) in [5, 5.41) is 11.6. The zero-order valence-electron chi connectivity index (χ0n) is 23.5. The normalized spacial score (nSPS) is 17.8. The minimum absolute atomic E-state index is 0.176. The zero-order chi connectivity index (χ0) is 27.0. The molecule has 2 N–H and O–H groups in total. The molecule has 2 aliphatic rings. The van der Waals surface area contributed by atoms with Gasteiger partial charge in [0.2, 0.25) is 0 Å². The van der Waals surface area contributed by atoms with Gasteiger partial charge in [-0.15, -0.1) is 0 Å². The fourth-order valence-corrected chi connectivity index (χ4v) is 5.83. The van der Waals surface area contributed by atoms with E-state index in [2.05, 4.69) is 48.7 Å². The molecule has 210 valence electrons. The van der Waals surface area contributed by atoms with Crippen molar-refractivity contribution in [2.24, 2.45) is 5.92 Å². The van der Waals surface area contributed by atoms with Gasteiger partial charge in [-0.25, -0.2) is 4.79 Å². The van der Waals surface area contributed by atoms with Crippen molar-refractivity contribution in [3.05, 3.63) is 53.1 Å². The average Bonchev–Trinajstić information content (AvgIpc) is 3.21. The Kier molecular flexibility index (Phi) is 13.5. The first-order chi connectivity index (χ1) is 18.6. The topological polar surface area (TPSA) is 75.6 Å². The van der Waals surface area contributed by atoms with Crippen LogP contribution in [0, 0.1) is 5.92 Å². The number of alkyl carbamates (subject to hydrolysis) is 1. The highest BCUT2D eigenvalue weighted by Crippen LogP contribution is 2.47. The van der Waals surface area contributed by atoms with E-state index in [1.165, 1.54) is 86.5 Å². The van der Waals surface area contributed by atoms with Crippen molar-refractivity contribution >= 4 is 17.6 Å². The maximum atomic E-state index is 12.3. The number of unbranched alkanes of at least 4 members (excludes halogenated alkanes) is 13. The Hall–Kier alpha value is -2.56. The summed E-state index contributed by atoms with van der Waals surface area (Å²) >= 11 is 0. The van der Waals surface area contributed by atoms with Gasteiger partial charge >= 0.3 is 12.1 Å². The number of allylic oxidation sites excluding steroid dienone is 3. The van der Waals surface area contributed by atoms with E-state index in [-0.39, 0.29) is 12.0 Å². The van der Waals surface area contributed by atoms with Crippen LogP contribution in [0.2, 0.25) is 0 Å². The lowest BCUT2D eigenvalue weighted by Gasteiger charge is -2.21. The molecule has 0 saturated carbocycles. The molecule has 0 radical (unpaired) electrons. The van der Waals surface area contributed by atoms with Crippen LogP contribution in [-0.2, 0) is 9.53 Å². The molecule has 2 aliphatic carbocycles. The van der Waals surface area contributed by atoms with E-state index in [0.29, 0.717) is 25.5 Å². The quantitative estimate of drug-likeness (QED) is 0.178. The Morgan fingerprint density at radius 1 is 0.868 bits per heavy atom. The molecule has 5 heteroatoms. The summed E-state index contributed by atoms with van der Waals surface area (Å²) in [6, 6.07) is 8.52. The van der Waals surface area contributed by atoms with Crippen molar-refractivity contribution in [3.8, 4) is 0 Å². The Morgan fingerprint density at radius 2 is 1.45 bits per heavy atom. The molecule has 1 amide bonds. The summed E-state index contributed by atoms with van der Waals surface area (Å²) in [4.78, 5) is 22.8. The summed E-state index contributed by atoms with van der Waals surface area (Å²) in [7, 11) is 0. The number of carbonyl (C=O) groups is 2. The molecule has 0 spiro atoms. The molecular formula is C33H49NO4. The summed E-state index contributed by atoms with van der Waals surface area (Å²) in [5.41, 5.74) is 5.32. The predicted molar refractivity (Wildman–Crippen MR) is 155 cm³/mol. The van der Waals surface area contributed by atoms with Crippen LogP contribution in [0.25, 0.3) is 5.57 Å². The molecule has 0 bridgehead atoms. The van der Waals surface area contributed by atoms with Gasteiger partial charge in [0.25, 0.3) is 0 Å². The fraction of sp³-hybridized carbons (Fsp3) is 0.636. The number of carbonyl (C=O) groups excluding carboxylic acids is 1. The van der Waals surface area contributed by atoms with Gasteiger partial charge in [-0.05, 0) is 41.9 Å². The first-order valence-electron chi connectivity index (χ1n) is 15.2. The van der Waals surface area contributed by atoms with E-state index in [4.69, 9.17) is 9.84 Å².